The van der Waals surface area contributed by atoms with Gasteiger partial charge in [-0.25, -0.2) is 0 Å². The molecule has 0 aliphatic carbocycles. The third-order valence-corrected chi connectivity index (χ3v) is 2.24. The molecule has 0 amide bonds. The summed E-state index contributed by atoms with van der Waals surface area (Å²) < 4.78 is 10.7. The van der Waals surface area contributed by atoms with E-state index in [0.29, 0.717) is 12.5 Å². The average molecular weight is 197 g/mol. The summed E-state index contributed by atoms with van der Waals surface area (Å²) in [6.45, 7) is 8.88. The van der Waals surface area contributed by atoms with Crippen LogP contribution in [0.2, 0.25) is 0 Å². The molecule has 1 heterocycles. The lowest BCUT2D eigenvalue weighted by atomic mass is 10.1. The molecular formula is C11H19NO2. The van der Waals surface area contributed by atoms with Crippen LogP contribution in [0.5, 0.6) is 0 Å². The fourth-order valence-electron chi connectivity index (χ4n) is 1.01. The summed E-state index contributed by atoms with van der Waals surface area (Å²) in [6.07, 6.45) is 1.31. The Morgan fingerprint density at radius 2 is 2.14 bits per heavy atom. The topological polar surface area (TPSA) is 35.3 Å². The van der Waals surface area contributed by atoms with Gasteiger partial charge in [0, 0.05) is 12.0 Å². The maximum absolute atomic E-state index is 5.55. The summed E-state index contributed by atoms with van der Waals surface area (Å²) >= 11 is 0. The predicted molar refractivity (Wildman–Crippen MR) is 55.1 cm³/mol. The molecule has 80 valence electrons. The van der Waals surface area contributed by atoms with E-state index in [1.54, 1.807) is 0 Å². The molecule has 0 saturated heterocycles. The largest absolute Gasteiger partial charge is 0.372 e. The van der Waals surface area contributed by atoms with E-state index in [-0.39, 0.29) is 6.10 Å². The molecule has 1 atom stereocenters. The smallest absolute Gasteiger partial charge is 0.139 e. The molecule has 0 fully saturated rings. The molecule has 14 heavy (non-hydrogen) atoms. The lowest BCUT2D eigenvalue weighted by Crippen LogP contribution is -2.06. The molecule has 0 radical (unpaired) electrons. The first-order chi connectivity index (χ1) is 6.63. The first-order valence-corrected chi connectivity index (χ1v) is 5.20. The van der Waals surface area contributed by atoms with Gasteiger partial charge < -0.3 is 9.26 Å². The van der Waals surface area contributed by atoms with E-state index in [0.717, 1.165) is 17.9 Å². The van der Waals surface area contributed by atoms with Crippen LogP contribution in [0.4, 0.5) is 0 Å². The lowest BCUT2D eigenvalue weighted by molar-refractivity contribution is 0.0474. The van der Waals surface area contributed by atoms with E-state index in [2.05, 4.69) is 32.9 Å². The van der Waals surface area contributed by atoms with Crippen LogP contribution < -0.4 is 0 Å². The fraction of sp³-hybridized carbons (Fsp3) is 0.727. The SMILES string of the molecule is CCC(C)OCc1cc(C(C)C)on1. The number of aromatic nitrogens is 1. The molecule has 1 aromatic heterocycles. The van der Waals surface area contributed by atoms with Gasteiger partial charge in [-0.2, -0.15) is 0 Å². The number of ether oxygens (including phenoxy) is 1. The van der Waals surface area contributed by atoms with Crippen LogP contribution in [-0.2, 0) is 11.3 Å². The minimum Gasteiger partial charge on any atom is -0.372 e. The third kappa shape index (κ3) is 3.14. The zero-order valence-corrected chi connectivity index (χ0v) is 9.41. The van der Waals surface area contributed by atoms with E-state index in [1.165, 1.54) is 0 Å². The van der Waals surface area contributed by atoms with Crippen LogP contribution in [0.25, 0.3) is 0 Å². The fourth-order valence-corrected chi connectivity index (χ4v) is 1.01. The number of nitrogens with zero attached hydrogens (tertiary/aromatic N) is 1. The van der Waals surface area contributed by atoms with Gasteiger partial charge in [-0.1, -0.05) is 25.9 Å². The molecular weight excluding hydrogens is 178 g/mol. The quantitative estimate of drug-likeness (QED) is 0.727. The van der Waals surface area contributed by atoms with E-state index in [1.807, 2.05) is 6.07 Å². The van der Waals surface area contributed by atoms with Gasteiger partial charge in [-0.05, 0) is 13.3 Å². The summed E-state index contributed by atoms with van der Waals surface area (Å²) in [5.41, 5.74) is 0.883. The highest BCUT2D eigenvalue weighted by atomic mass is 16.5. The Bertz CT molecular complexity index is 268. The maximum atomic E-state index is 5.55. The molecule has 0 N–H and O–H groups in total. The van der Waals surface area contributed by atoms with Crippen LogP contribution >= 0.6 is 0 Å². The number of hydrogen-bond donors (Lipinski definition) is 0. The Morgan fingerprint density at radius 3 is 2.64 bits per heavy atom. The van der Waals surface area contributed by atoms with Crippen LogP contribution in [-0.4, -0.2) is 11.3 Å². The molecule has 0 bridgehead atoms. The molecule has 1 rings (SSSR count). The van der Waals surface area contributed by atoms with Crippen LogP contribution in [0.3, 0.4) is 0 Å². The van der Waals surface area contributed by atoms with Crippen molar-refractivity contribution >= 4 is 0 Å². The summed E-state index contributed by atoms with van der Waals surface area (Å²) in [5.74, 6) is 1.31. The monoisotopic (exact) mass is 197 g/mol. The van der Waals surface area contributed by atoms with Gasteiger partial charge >= 0.3 is 0 Å². The minimum atomic E-state index is 0.286. The van der Waals surface area contributed by atoms with Crippen molar-refractivity contribution < 1.29 is 9.26 Å². The highest BCUT2D eigenvalue weighted by Crippen LogP contribution is 2.15. The molecule has 3 heteroatoms. The summed E-state index contributed by atoms with van der Waals surface area (Å²) in [5, 5.41) is 3.94. The second kappa shape index (κ2) is 5.15. The Kier molecular flexibility index (Phi) is 4.14. The Hall–Kier alpha value is -0.830. The van der Waals surface area contributed by atoms with Crippen molar-refractivity contribution in [2.75, 3.05) is 0 Å². The molecule has 0 saturated carbocycles. The highest BCUT2D eigenvalue weighted by molar-refractivity contribution is 5.07. The second-order valence-corrected chi connectivity index (χ2v) is 3.91. The van der Waals surface area contributed by atoms with Crippen LogP contribution in [0.15, 0.2) is 10.6 Å². The lowest BCUT2D eigenvalue weighted by Gasteiger charge is -2.07. The van der Waals surface area contributed by atoms with Gasteiger partial charge in [-0.3, -0.25) is 0 Å². The summed E-state index contributed by atoms with van der Waals surface area (Å²) in [7, 11) is 0. The minimum absolute atomic E-state index is 0.286. The Balaban J connectivity index is 2.44. The van der Waals surface area contributed by atoms with Gasteiger partial charge in [0.15, 0.2) is 0 Å². The van der Waals surface area contributed by atoms with E-state index >= 15 is 0 Å². The van der Waals surface area contributed by atoms with Gasteiger partial charge in [0.05, 0.1) is 12.7 Å². The van der Waals surface area contributed by atoms with Gasteiger partial charge in [0.2, 0.25) is 0 Å². The standard InChI is InChI=1S/C11H19NO2/c1-5-9(4)13-7-10-6-11(8(2)3)14-12-10/h6,8-9H,5,7H2,1-4H3. The number of hydrogen-bond acceptors (Lipinski definition) is 3. The Morgan fingerprint density at radius 1 is 1.43 bits per heavy atom. The molecule has 0 spiro atoms. The number of rotatable bonds is 5. The predicted octanol–water partition coefficient (Wildman–Crippen LogP) is 3.11. The Labute approximate surface area is 85.4 Å². The first kappa shape index (κ1) is 11.2. The van der Waals surface area contributed by atoms with Crippen LogP contribution in [0, 0.1) is 0 Å². The average Bonchev–Trinajstić information content (AvgIpc) is 2.62. The molecule has 0 aliphatic heterocycles. The van der Waals surface area contributed by atoms with Crippen molar-refractivity contribution in [3.63, 3.8) is 0 Å². The van der Waals surface area contributed by atoms with Crippen molar-refractivity contribution in [2.45, 2.75) is 52.7 Å². The van der Waals surface area contributed by atoms with Crippen molar-refractivity contribution in [3.05, 3.63) is 17.5 Å². The van der Waals surface area contributed by atoms with E-state index in [4.69, 9.17) is 9.26 Å². The zero-order chi connectivity index (χ0) is 10.6. The first-order valence-electron chi connectivity index (χ1n) is 5.20. The molecule has 0 aliphatic rings. The molecule has 1 unspecified atom stereocenters. The summed E-state index contributed by atoms with van der Waals surface area (Å²) in [4.78, 5) is 0. The van der Waals surface area contributed by atoms with E-state index in [9.17, 15) is 0 Å². The summed E-state index contributed by atoms with van der Waals surface area (Å²) in [6, 6.07) is 1.97. The van der Waals surface area contributed by atoms with Gasteiger partial charge in [0.25, 0.3) is 0 Å². The van der Waals surface area contributed by atoms with Gasteiger partial charge in [-0.15, -0.1) is 0 Å². The van der Waals surface area contributed by atoms with Crippen molar-refractivity contribution in [1.29, 1.82) is 0 Å². The van der Waals surface area contributed by atoms with Gasteiger partial charge in [0.1, 0.15) is 11.5 Å². The van der Waals surface area contributed by atoms with Crippen molar-refractivity contribution in [2.24, 2.45) is 0 Å². The molecule has 3 nitrogen and oxygen atoms in total. The molecule has 1 aromatic rings. The van der Waals surface area contributed by atoms with Crippen molar-refractivity contribution in [1.82, 2.24) is 5.16 Å². The van der Waals surface area contributed by atoms with Crippen molar-refractivity contribution in [3.8, 4) is 0 Å². The normalized spacial score (nSPS) is 13.5. The third-order valence-electron chi connectivity index (χ3n) is 2.24. The maximum Gasteiger partial charge on any atom is 0.139 e. The van der Waals surface area contributed by atoms with Crippen LogP contribution in [0.1, 0.15) is 51.5 Å². The molecule has 0 aromatic carbocycles. The second-order valence-electron chi connectivity index (χ2n) is 3.91. The zero-order valence-electron chi connectivity index (χ0n) is 9.41. The van der Waals surface area contributed by atoms with E-state index < -0.39 is 0 Å². The highest BCUT2D eigenvalue weighted by Gasteiger charge is 2.08.